The van der Waals surface area contributed by atoms with Gasteiger partial charge in [0.05, 0.1) is 6.61 Å². The lowest BCUT2D eigenvalue weighted by Crippen LogP contribution is -2.38. The third-order valence-electron chi connectivity index (χ3n) is 3.64. The highest BCUT2D eigenvalue weighted by Gasteiger charge is 2.21. The van der Waals surface area contributed by atoms with Crippen LogP contribution in [0, 0.1) is 0 Å². The molecule has 1 aliphatic heterocycles. The first-order valence-corrected chi connectivity index (χ1v) is 7.40. The van der Waals surface area contributed by atoms with Crippen LogP contribution in [0.15, 0.2) is 24.4 Å². The van der Waals surface area contributed by atoms with E-state index in [2.05, 4.69) is 15.5 Å². The summed E-state index contributed by atoms with van der Waals surface area (Å²) in [5.74, 6) is -0.0863. The van der Waals surface area contributed by atoms with Gasteiger partial charge in [-0.2, -0.15) is 5.10 Å². The van der Waals surface area contributed by atoms with Crippen LogP contribution in [-0.2, 0) is 24.2 Å². The molecule has 1 aromatic heterocycles. The Labute approximate surface area is 132 Å². The zero-order chi connectivity index (χ0) is 15.5. The Morgan fingerprint density at radius 1 is 1.55 bits per heavy atom. The number of rotatable bonds is 6. The number of carbonyl (C=O) groups is 1. The topological polar surface area (TPSA) is 87.2 Å². The molecule has 3 rings (SSSR count). The van der Waals surface area contributed by atoms with Gasteiger partial charge in [0.2, 0.25) is 0 Å². The number of carboxylic acids is 1. The Kier molecular flexibility index (Phi) is 4.31. The van der Waals surface area contributed by atoms with Crippen molar-refractivity contribution in [2.75, 3.05) is 6.61 Å². The molecule has 6 nitrogen and oxygen atoms in total. The summed E-state index contributed by atoms with van der Waals surface area (Å²) in [4.78, 5) is 11.4. The van der Waals surface area contributed by atoms with Crippen molar-refractivity contribution in [2.45, 2.75) is 25.4 Å². The molecule has 7 heteroatoms. The van der Waals surface area contributed by atoms with E-state index in [1.54, 1.807) is 12.3 Å². The monoisotopic (exact) mass is 321 g/mol. The fourth-order valence-corrected chi connectivity index (χ4v) is 2.84. The quantitative estimate of drug-likeness (QED) is 0.755. The van der Waals surface area contributed by atoms with Gasteiger partial charge in [0, 0.05) is 41.9 Å². The minimum absolute atomic E-state index is 0.332. The Hall–Kier alpha value is -2.05. The summed E-state index contributed by atoms with van der Waals surface area (Å²) in [5, 5.41) is 19.6. The molecule has 1 unspecified atom stereocenters. The van der Waals surface area contributed by atoms with E-state index in [4.69, 9.17) is 16.3 Å². The number of aromatic amines is 1. The SMILES string of the molecule is O=C(O)C(Cc1ccn[nH]1)NCc1cc(Cl)cc2c1OCC2. The highest BCUT2D eigenvalue weighted by Crippen LogP contribution is 2.32. The highest BCUT2D eigenvalue weighted by molar-refractivity contribution is 6.30. The lowest BCUT2D eigenvalue weighted by atomic mass is 10.1. The molecule has 0 radical (unpaired) electrons. The van der Waals surface area contributed by atoms with Crippen molar-refractivity contribution in [3.63, 3.8) is 0 Å². The molecule has 3 N–H and O–H groups in total. The summed E-state index contributed by atoms with van der Waals surface area (Å²) >= 11 is 6.11. The molecule has 22 heavy (non-hydrogen) atoms. The number of fused-ring (bicyclic) bond motifs is 1. The fourth-order valence-electron chi connectivity index (χ4n) is 2.58. The fraction of sp³-hybridized carbons (Fsp3) is 0.333. The van der Waals surface area contributed by atoms with Gasteiger partial charge < -0.3 is 9.84 Å². The molecule has 2 heterocycles. The van der Waals surface area contributed by atoms with E-state index >= 15 is 0 Å². The van der Waals surface area contributed by atoms with E-state index in [9.17, 15) is 9.90 Å². The van der Waals surface area contributed by atoms with Crippen LogP contribution < -0.4 is 10.1 Å². The van der Waals surface area contributed by atoms with E-state index in [0.717, 1.165) is 29.0 Å². The smallest absolute Gasteiger partial charge is 0.321 e. The van der Waals surface area contributed by atoms with Crippen LogP contribution in [0.4, 0.5) is 0 Å². The molecule has 0 saturated carbocycles. The lowest BCUT2D eigenvalue weighted by molar-refractivity contribution is -0.139. The van der Waals surface area contributed by atoms with Gasteiger partial charge in [0.15, 0.2) is 0 Å². The van der Waals surface area contributed by atoms with E-state index in [-0.39, 0.29) is 0 Å². The average molecular weight is 322 g/mol. The second-order valence-corrected chi connectivity index (χ2v) is 5.65. The zero-order valence-corrected chi connectivity index (χ0v) is 12.6. The molecule has 0 aliphatic carbocycles. The molecule has 116 valence electrons. The highest BCUT2D eigenvalue weighted by atomic mass is 35.5. The van der Waals surface area contributed by atoms with E-state index in [1.807, 2.05) is 12.1 Å². The van der Waals surface area contributed by atoms with Crippen molar-refractivity contribution >= 4 is 17.6 Å². The third-order valence-corrected chi connectivity index (χ3v) is 3.86. The normalized spacial score (nSPS) is 14.4. The Morgan fingerprint density at radius 2 is 2.41 bits per heavy atom. The maximum absolute atomic E-state index is 11.4. The summed E-state index contributed by atoms with van der Waals surface area (Å²) in [6.07, 6.45) is 2.77. The molecular formula is C15H16ClN3O3. The number of nitrogens with zero attached hydrogens (tertiary/aromatic N) is 1. The molecular weight excluding hydrogens is 306 g/mol. The maximum Gasteiger partial charge on any atom is 0.321 e. The van der Waals surface area contributed by atoms with Gasteiger partial charge in [0.1, 0.15) is 11.8 Å². The van der Waals surface area contributed by atoms with E-state index < -0.39 is 12.0 Å². The molecule has 0 bridgehead atoms. The van der Waals surface area contributed by atoms with Gasteiger partial charge in [-0.1, -0.05) is 11.6 Å². The van der Waals surface area contributed by atoms with Crippen LogP contribution in [0.2, 0.25) is 5.02 Å². The summed E-state index contributed by atoms with van der Waals surface area (Å²) in [6.45, 7) is 1.02. The lowest BCUT2D eigenvalue weighted by Gasteiger charge is -2.15. The molecule has 0 saturated heterocycles. The molecule has 0 fully saturated rings. The summed E-state index contributed by atoms with van der Waals surface area (Å²) in [7, 11) is 0. The van der Waals surface area contributed by atoms with Gasteiger partial charge in [-0.15, -0.1) is 0 Å². The van der Waals surface area contributed by atoms with Crippen molar-refractivity contribution < 1.29 is 14.6 Å². The maximum atomic E-state index is 11.4. The minimum Gasteiger partial charge on any atom is -0.493 e. The predicted octanol–water partition coefficient (Wildman–Crippen LogP) is 1.78. The van der Waals surface area contributed by atoms with Crippen molar-refractivity contribution in [3.05, 3.63) is 46.2 Å². The van der Waals surface area contributed by atoms with Gasteiger partial charge >= 0.3 is 5.97 Å². The standard InChI is InChI=1S/C15H16ClN3O3/c16-11-5-9-2-4-22-14(9)10(6-11)8-17-13(15(20)21)7-12-1-3-18-19-12/h1,3,5-6,13,17H,2,4,7-8H2,(H,18,19)(H,20,21). The number of halogens is 1. The number of hydrogen-bond donors (Lipinski definition) is 3. The van der Waals surface area contributed by atoms with Gasteiger partial charge in [-0.05, 0) is 23.8 Å². The Bertz CT molecular complexity index is 673. The summed E-state index contributed by atoms with van der Waals surface area (Å²) in [6, 6.07) is 4.76. The van der Waals surface area contributed by atoms with Gasteiger partial charge in [0.25, 0.3) is 0 Å². The minimum atomic E-state index is -0.908. The first kappa shape index (κ1) is 14.9. The van der Waals surface area contributed by atoms with Crippen LogP contribution in [0.1, 0.15) is 16.8 Å². The number of nitrogens with one attached hydrogen (secondary N) is 2. The Morgan fingerprint density at radius 3 is 3.14 bits per heavy atom. The predicted molar refractivity (Wildman–Crippen MR) is 81.2 cm³/mol. The Balaban J connectivity index is 1.71. The molecule has 0 spiro atoms. The summed E-state index contributed by atoms with van der Waals surface area (Å²) in [5.41, 5.74) is 2.73. The van der Waals surface area contributed by atoms with Crippen LogP contribution in [0.3, 0.4) is 0 Å². The van der Waals surface area contributed by atoms with Crippen LogP contribution in [0.25, 0.3) is 0 Å². The second kappa shape index (κ2) is 6.37. The van der Waals surface area contributed by atoms with E-state index in [1.165, 1.54) is 0 Å². The first-order valence-electron chi connectivity index (χ1n) is 7.02. The van der Waals surface area contributed by atoms with Crippen LogP contribution in [0.5, 0.6) is 5.75 Å². The zero-order valence-electron chi connectivity index (χ0n) is 11.8. The number of hydrogen-bond acceptors (Lipinski definition) is 4. The summed E-state index contributed by atoms with van der Waals surface area (Å²) < 4.78 is 5.62. The first-order chi connectivity index (χ1) is 10.6. The van der Waals surface area contributed by atoms with Crippen molar-refractivity contribution in [1.29, 1.82) is 0 Å². The molecule has 0 amide bonds. The average Bonchev–Trinajstić information content (AvgIpc) is 3.13. The van der Waals surface area contributed by atoms with Crippen molar-refractivity contribution in [2.24, 2.45) is 0 Å². The van der Waals surface area contributed by atoms with Crippen LogP contribution in [-0.4, -0.2) is 33.9 Å². The van der Waals surface area contributed by atoms with E-state index in [0.29, 0.717) is 24.6 Å². The number of carboxylic acid groups (broad SMARTS) is 1. The largest absolute Gasteiger partial charge is 0.493 e. The molecule has 1 atom stereocenters. The third kappa shape index (κ3) is 3.23. The number of benzene rings is 1. The molecule has 1 aromatic carbocycles. The van der Waals surface area contributed by atoms with Crippen molar-refractivity contribution in [1.82, 2.24) is 15.5 Å². The second-order valence-electron chi connectivity index (χ2n) is 5.21. The van der Waals surface area contributed by atoms with Crippen LogP contribution >= 0.6 is 11.6 Å². The van der Waals surface area contributed by atoms with Crippen molar-refractivity contribution in [3.8, 4) is 5.75 Å². The van der Waals surface area contributed by atoms with Gasteiger partial charge in [-0.25, -0.2) is 0 Å². The number of aliphatic carboxylic acids is 1. The molecule has 1 aliphatic rings. The number of ether oxygens (including phenoxy) is 1. The van der Waals surface area contributed by atoms with Gasteiger partial charge in [-0.3, -0.25) is 15.2 Å². The number of H-pyrrole nitrogens is 1. The number of aromatic nitrogens is 2. The molecule has 2 aromatic rings.